The number of nitrogens with zero attached hydrogens (tertiary/aromatic N) is 2. The normalized spacial score (nSPS) is 23.4. The van der Waals surface area contributed by atoms with Crippen LogP contribution in [0, 0.1) is 19.8 Å². The summed E-state index contributed by atoms with van der Waals surface area (Å²) in [7, 11) is 0. The summed E-state index contributed by atoms with van der Waals surface area (Å²) >= 11 is 0. The molecule has 0 radical (unpaired) electrons. The summed E-state index contributed by atoms with van der Waals surface area (Å²) in [5.74, 6) is 0.644. The lowest BCUT2D eigenvalue weighted by Gasteiger charge is -2.44. The first-order chi connectivity index (χ1) is 9.52. The first-order valence-electron chi connectivity index (χ1n) is 7.97. The highest BCUT2D eigenvalue weighted by Crippen LogP contribution is 2.27. The van der Waals surface area contributed by atoms with Gasteiger partial charge in [0.1, 0.15) is 0 Å². The van der Waals surface area contributed by atoms with Crippen molar-refractivity contribution in [3.63, 3.8) is 0 Å². The number of nitrogens with one attached hydrogen (secondary N) is 1. The summed E-state index contributed by atoms with van der Waals surface area (Å²) in [5.41, 5.74) is 3.58. The molecule has 3 nitrogen and oxygen atoms in total. The van der Waals surface area contributed by atoms with E-state index in [1.165, 1.54) is 18.5 Å². The second-order valence-corrected chi connectivity index (χ2v) is 6.41. The molecule has 1 aliphatic rings. The highest BCUT2D eigenvalue weighted by Gasteiger charge is 2.30. The third kappa shape index (κ3) is 3.32. The monoisotopic (exact) mass is 275 g/mol. The number of piperazine rings is 1. The highest BCUT2D eigenvalue weighted by molar-refractivity contribution is 5.52. The number of pyridine rings is 1. The highest BCUT2D eigenvalue weighted by atomic mass is 15.2. The Morgan fingerprint density at radius 1 is 1.35 bits per heavy atom. The zero-order chi connectivity index (χ0) is 14.7. The topological polar surface area (TPSA) is 28.2 Å². The van der Waals surface area contributed by atoms with Gasteiger partial charge in [0.15, 0.2) is 0 Å². The third-order valence-electron chi connectivity index (χ3n) is 4.35. The summed E-state index contributed by atoms with van der Waals surface area (Å²) < 4.78 is 0. The Balaban J connectivity index is 2.26. The van der Waals surface area contributed by atoms with Crippen LogP contribution in [-0.4, -0.2) is 30.2 Å². The lowest BCUT2D eigenvalue weighted by atomic mass is 9.96. The minimum atomic E-state index is 0.561. The van der Waals surface area contributed by atoms with Gasteiger partial charge in [0.2, 0.25) is 0 Å². The van der Waals surface area contributed by atoms with Crippen molar-refractivity contribution in [1.29, 1.82) is 0 Å². The molecule has 112 valence electrons. The molecule has 1 saturated heterocycles. The van der Waals surface area contributed by atoms with Gasteiger partial charge in [0.05, 0.1) is 11.4 Å². The predicted octanol–water partition coefficient (Wildman–Crippen LogP) is 3.30. The molecule has 2 rings (SSSR count). The van der Waals surface area contributed by atoms with Crippen molar-refractivity contribution >= 4 is 5.69 Å². The van der Waals surface area contributed by atoms with Crippen LogP contribution < -0.4 is 10.2 Å². The third-order valence-corrected chi connectivity index (χ3v) is 4.35. The summed E-state index contributed by atoms with van der Waals surface area (Å²) in [5, 5.41) is 3.72. The van der Waals surface area contributed by atoms with Crippen molar-refractivity contribution in [2.75, 3.05) is 18.0 Å². The molecule has 0 spiro atoms. The van der Waals surface area contributed by atoms with Crippen LogP contribution in [0.4, 0.5) is 5.69 Å². The van der Waals surface area contributed by atoms with Crippen LogP contribution in [0.25, 0.3) is 0 Å². The predicted molar refractivity (Wildman–Crippen MR) is 86.4 cm³/mol. The van der Waals surface area contributed by atoms with Gasteiger partial charge in [-0.2, -0.15) is 0 Å². The standard InChI is InChI=1S/C17H29N3/c1-6-7-15-11-20(17(10-18-15)12(2)3)16-9-8-13(4)19-14(16)5/h8-9,12,15,17-18H,6-7,10-11H2,1-5H3. The van der Waals surface area contributed by atoms with E-state index < -0.39 is 0 Å². The largest absolute Gasteiger partial charge is 0.364 e. The molecule has 2 unspecified atom stereocenters. The SMILES string of the molecule is CCCC1CN(c2ccc(C)nc2C)C(C(C)C)CN1. The summed E-state index contributed by atoms with van der Waals surface area (Å²) in [6, 6.07) is 5.56. The molecular formula is C17H29N3. The van der Waals surface area contributed by atoms with Crippen LogP contribution in [0.5, 0.6) is 0 Å². The average molecular weight is 275 g/mol. The van der Waals surface area contributed by atoms with Crippen molar-refractivity contribution < 1.29 is 0 Å². The summed E-state index contributed by atoms with van der Waals surface area (Å²) in [6.45, 7) is 13.3. The van der Waals surface area contributed by atoms with Crippen LogP contribution in [0.15, 0.2) is 12.1 Å². The number of hydrogen-bond donors (Lipinski definition) is 1. The molecule has 1 fully saturated rings. The molecular weight excluding hydrogens is 246 g/mol. The second kappa shape index (κ2) is 6.57. The molecule has 0 bridgehead atoms. The minimum Gasteiger partial charge on any atom is -0.364 e. The van der Waals surface area contributed by atoms with E-state index in [0.29, 0.717) is 18.0 Å². The van der Waals surface area contributed by atoms with Gasteiger partial charge in [0, 0.05) is 30.9 Å². The Kier molecular flexibility index (Phi) is 5.03. The van der Waals surface area contributed by atoms with Crippen LogP contribution in [-0.2, 0) is 0 Å². The maximum absolute atomic E-state index is 4.65. The van der Waals surface area contributed by atoms with Gasteiger partial charge in [-0.05, 0) is 38.3 Å². The van der Waals surface area contributed by atoms with Crippen LogP contribution in [0.1, 0.15) is 45.0 Å². The number of aromatic nitrogens is 1. The molecule has 0 amide bonds. The van der Waals surface area contributed by atoms with Crippen LogP contribution >= 0.6 is 0 Å². The Bertz CT molecular complexity index is 442. The number of rotatable bonds is 4. The van der Waals surface area contributed by atoms with Gasteiger partial charge in [-0.1, -0.05) is 27.2 Å². The Morgan fingerprint density at radius 2 is 2.10 bits per heavy atom. The number of aryl methyl sites for hydroxylation is 2. The summed E-state index contributed by atoms with van der Waals surface area (Å²) in [6.07, 6.45) is 2.49. The van der Waals surface area contributed by atoms with Crippen molar-refractivity contribution in [3.8, 4) is 0 Å². The zero-order valence-electron chi connectivity index (χ0n) is 13.6. The quantitative estimate of drug-likeness (QED) is 0.914. The van der Waals surface area contributed by atoms with E-state index >= 15 is 0 Å². The fraction of sp³-hybridized carbons (Fsp3) is 0.706. The van der Waals surface area contributed by atoms with Crippen molar-refractivity contribution in [2.45, 2.75) is 59.5 Å². The molecule has 3 heteroatoms. The Hall–Kier alpha value is -1.09. The average Bonchev–Trinajstić information content (AvgIpc) is 2.38. The van der Waals surface area contributed by atoms with Crippen LogP contribution in [0.3, 0.4) is 0 Å². The van der Waals surface area contributed by atoms with E-state index in [1.807, 2.05) is 0 Å². The van der Waals surface area contributed by atoms with E-state index in [9.17, 15) is 0 Å². The maximum Gasteiger partial charge on any atom is 0.0609 e. The minimum absolute atomic E-state index is 0.561. The molecule has 1 aromatic heterocycles. The fourth-order valence-electron chi connectivity index (χ4n) is 3.23. The number of anilines is 1. The van der Waals surface area contributed by atoms with Crippen molar-refractivity contribution in [3.05, 3.63) is 23.5 Å². The molecule has 1 aliphatic heterocycles. The number of hydrogen-bond acceptors (Lipinski definition) is 3. The molecule has 0 aliphatic carbocycles. The van der Waals surface area contributed by atoms with Gasteiger partial charge < -0.3 is 10.2 Å². The van der Waals surface area contributed by atoms with E-state index in [-0.39, 0.29) is 0 Å². The molecule has 1 N–H and O–H groups in total. The first-order valence-corrected chi connectivity index (χ1v) is 7.97. The zero-order valence-corrected chi connectivity index (χ0v) is 13.6. The Labute approximate surface area is 123 Å². The summed E-state index contributed by atoms with van der Waals surface area (Å²) in [4.78, 5) is 7.24. The smallest absolute Gasteiger partial charge is 0.0609 e. The van der Waals surface area contributed by atoms with Gasteiger partial charge in [0.25, 0.3) is 0 Å². The molecule has 2 atom stereocenters. The van der Waals surface area contributed by atoms with Crippen molar-refractivity contribution in [2.24, 2.45) is 5.92 Å². The van der Waals surface area contributed by atoms with E-state index in [4.69, 9.17) is 0 Å². The fourth-order valence-corrected chi connectivity index (χ4v) is 3.23. The molecule has 0 saturated carbocycles. The second-order valence-electron chi connectivity index (χ2n) is 6.41. The molecule has 20 heavy (non-hydrogen) atoms. The van der Waals surface area contributed by atoms with Crippen molar-refractivity contribution in [1.82, 2.24) is 10.3 Å². The van der Waals surface area contributed by atoms with Gasteiger partial charge in [-0.15, -0.1) is 0 Å². The van der Waals surface area contributed by atoms with Gasteiger partial charge >= 0.3 is 0 Å². The lowest BCUT2D eigenvalue weighted by Crippen LogP contribution is -2.58. The first kappa shape index (κ1) is 15.3. The van der Waals surface area contributed by atoms with E-state index in [0.717, 1.165) is 24.5 Å². The van der Waals surface area contributed by atoms with Gasteiger partial charge in [-0.25, -0.2) is 0 Å². The lowest BCUT2D eigenvalue weighted by molar-refractivity contribution is 0.327. The molecule has 1 aromatic rings. The maximum atomic E-state index is 4.65. The van der Waals surface area contributed by atoms with E-state index in [2.05, 4.69) is 62.0 Å². The molecule has 2 heterocycles. The van der Waals surface area contributed by atoms with Crippen LogP contribution in [0.2, 0.25) is 0 Å². The van der Waals surface area contributed by atoms with Gasteiger partial charge in [-0.3, -0.25) is 4.98 Å². The molecule has 0 aromatic carbocycles. The van der Waals surface area contributed by atoms with E-state index in [1.54, 1.807) is 0 Å². The Morgan fingerprint density at radius 3 is 2.70 bits per heavy atom.